The van der Waals surface area contributed by atoms with Crippen LogP contribution in [0.5, 0.6) is 0 Å². The van der Waals surface area contributed by atoms with E-state index >= 15 is 0 Å². The molecule has 4 heteroatoms. The maximum Gasteiger partial charge on any atom is 0.252 e. The van der Waals surface area contributed by atoms with Crippen molar-refractivity contribution in [1.82, 2.24) is 5.32 Å². The summed E-state index contributed by atoms with van der Waals surface area (Å²) in [4.78, 5) is 13.9. The fourth-order valence-electron chi connectivity index (χ4n) is 3.60. The molecule has 1 aromatic carbocycles. The van der Waals surface area contributed by atoms with Crippen molar-refractivity contribution < 1.29 is 9.53 Å². The van der Waals surface area contributed by atoms with Crippen LogP contribution in [0.3, 0.4) is 0 Å². The van der Waals surface area contributed by atoms with E-state index in [1.165, 1.54) is 32.1 Å². The molecule has 0 bridgehead atoms. The minimum absolute atomic E-state index is 0.0935. The van der Waals surface area contributed by atoms with Crippen LogP contribution in [0.1, 0.15) is 68.1 Å². The van der Waals surface area contributed by atoms with E-state index in [9.17, 15) is 4.79 Å². The van der Waals surface area contributed by atoms with E-state index < -0.39 is 0 Å². The highest BCUT2D eigenvalue weighted by atomic mass is 32.2. The smallest absolute Gasteiger partial charge is 0.252 e. The average molecular weight is 348 g/mol. The molecule has 1 aliphatic carbocycles. The summed E-state index contributed by atoms with van der Waals surface area (Å²) < 4.78 is 5.70. The van der Waals surface area contributed by atoms with Gasteiger partial charge >= 0.3 is 0 Å². The Morgan fingerprint density at radius 3 is 2.54 bits per heavy atom. The fraction of sp³-hybridized carbons (Fsp3) is 0.650. The van der Waals surface area contributed by atoms with E-state index in [0.717, 1.165) is 48.5 Å². The van der Waals surface area contributed by atoms with Crippen LogP contribution in [0, 0.1) is 0 Å². The lowest BCUT2D eigenvalue weighted by molar-refractivity contribution is 0.0927. The van der Waals surface area contributed by atoms with E-state index in [1.54, 1.807) is 11.8 Å². The lowest BCUT2D eigenvalue weighted by Crippen LogP contribution is -2.35. The van der Waals surface area contributed by atoms with Gasteiger partial charge in [-0.05, 0) is 37.8 Å². The van der Waals surface area contributed by atoms with E-state index in [0.29, 0.717) is 12.1 Å². The molecule has 1 saturated carbocycles. The van der Waals surface area contributed by atoms with Crippen molar-refractivity contribution in [3.63, 3.8) is 0 Å². The van der Waals surface area contributed by atoms with Crippen LogP contribution in [-0.4, -0.2) is 30.4 Å². The lowest BCUT2D eigenvalue weighted by atomic mass is 9.96. The Kier molecular flexibility index (Phi) is 7.03. The van der Waals surface area contributed by atoms with E-state index in [-0.39, 0.29) is 5.91 Å². The Hall–Kier alpha value is -1.00. The summed E-state index contributed by atoms with van der Waals surface area (Å²) in [6.07, 6.45) is 11.3. The highest BCUT2D eigenvalue weighted by Crippen LogP contribution is 2.27. The Bertz CT molecular complexity index is 520. The van der Waals surface area contributed by atoms with Crippen LogP contribution in [0.15, 0.2) is 29.2 Å². The van der Waals surface area contributed by atoms with E-state index in [4.69, 9.17) is 4.74 Å². The summed E-state index contributed by atoms with van der Waals surface area (Å²) in [6, 6.07) is 8.34. The highest BCUT2D eigenvalue weighted by Gasteiger charge is 2.20. The first-order valence-electron chi connectivity index (χ1n) is 9.47. The number of carbonyl (C=O) groups excluding carboxylic acids is 1. The van der Waals surface area contributed by atoms with Gasteiger partial charge in [-0.25, -0.2) is 0 Å². The van der Waals surface area contributed by atoms with E-state index in [2.05, 4.69) is 11.4 Å². The van der Waals surface area contributed by atoms with Gasteiger partial charge in [-0.15, -0.1) is 11.8 Å². The van der Waals surface area contributed by atoms with Gasteiger partial charge in [0.25, 0.3) is 5.91 Å². The first-order chi connectivity index (χ1) is 11.8. The van der Waals surface area contributed by atoms with Crippen molar-refractivity contribution >= 4 is 17.7 Å². The quantitative estimate of drug-likeness (QED) is 0.778. The molecule has 3 nitrogen and oxygen atoms in total. The van der Waals surface area contributed by atoms with Crippen LogP contribution in [0.4, 0.5) is 0 Å². The summed E-state index contributed by atoms with van der Waals surface area (Å²) in [5, 5.41) is 3.29. The Morgan fingerprint density at radius 2 is 1.79 bits per heavy atom. The molecule has 1 amide bonds. The van der Waals surface area contributed by atoms with Gasteiger partial charge < -0.3 is 10.1 Å². The van der Waals surface area contributed by atoms with Crippen LogP contribution in [0.25, 0.3) is 0 Å². The standard InChI is InChI=1S/C20H29NO2S/c22-20(21-16-9-4-2-1-3-5-10-16)18-12-6-7-13-19(18)24-15-17-11-8-14-23-17/h6-7,12-13,16-17H,1-5,8-11,14-15H2,(H,21,22)/t17-/m0/s1. The zero-order valence-corrected chi connectivity index (χ0v) is 15.3. The number of hydrogen-bond acceptors (Lipinski definition) is 3. The molecule has 0 unspecified atom stereocenters. The second-order valence-corrected chi connectivity index (χ2v) is 8.02. The van der Waals surface area contributed by atoms with Crippen LogP contribution in [-0.2, 0) is 4.74 Å². The van der Waals surface area contributed by atoms with Gasteiger partial charge in [0, 0.05) is 23.3 Å². The second-order valence-electron chi connectivity index (χ2n) is 6.96. The summed E-state index contributed by atoms with van der Waals surface area (Å²) in [5.41, 5.74) is 0.822. The molecule has 3 rings (SSSR count). The number of carbonyl (C=O) groups is 1. The maximum atomic E-state index is 12.8. The number of amides is 1. The topological polar surface area (TPSA) is 38.3 Å². The number of ether oxygens (including phenoxy) is 1. The van der Waals surface area contributed by atoms with Crippen LogP contribution < -0.4 is 5.32 Å². The molecule has 1 N–H and O–H groups in total. The zero-order valence-electron chi connectivity index (χ0n) is 14.5. The average Bonchev–Trinajstić information content (AvgIpc) is 3.09. The van der Waals surface area contributed by atoms with Crippen molar-refractivity contribution in [1.29, 1.82) is 0 Å². The molecule has 132 valence electrons. The highest BCUT2D eigenvalue weighted by molar-refractivity contribution is 7.99. The Labute approximate surface area is 149 Å². The summed E-state index contributed by atoms with van der Waals surface area (Å²) >= 11 is 1.76. The molecule has 0 aromatic heterocycles. The molecular weight excluding hydrogens is 318 g/mol. The number of rotatable bonds is 5. The number of nitrogens with one attached hydrogen (secondary N) is 1. The summed E-state index contributed by atoms with van der Waals surface area (Å²) in [6.45, 7) is 0.884. The van der Waals surface area contributed by atoms with Crippen LogP contribution >= 0.6 is 11.8 Å². The van der Waals surface area contributed by atoms with Crippen LogP contribution in [0.2, 0.25) is 0 Å². The summed E-state index contributed by atoms with van der Waals surface area (Å²) in [5.74, 6) is 1.03. The third kappa shape index (κ3) is 5.25. The first-order valence-corrected chi connectivity index (χ1v) is 10.5. The lowest BCUT2D eigenvalue weighted by Gasteiger charge is -2.21. The molecule has 1 saturated heterocycles. The Balaban J connectivity index is 1.58. The molecule has 2 fully saturated rings. The monoisotopic (exact) mass is 347 g/mol. The van der Waals surface area contributed by atoms with Crippen molar-refractivity contribution in [3.8, 4) is 0 Å². The molecule has 1 heterocycles. The number of hydrogen-bond donors (Lipinski definition) is 1. The second kappa shape index (κ2) is 9.47. The maximum absolute atomic E-state index is 12.8. The van der Waals surface area contributed by atoms with Gasteiger partial charge in [0.05, 0.1) is 11.7 Å². The minimum atomic E-state index is 0.0935. The molecule has 1 aliphatic heterocycles. The van der Waals surface area contributed by atoms with Gasteiger partial charge in [0.2, 0.25) is 0 Å². The van der Waals surface area contributed by atoms with Crippen molar-refractivity contribution in [2.24, 2.45) is 0 Å². The predicted octanol–water partition coefficient (Wildman–Crippen LogP) is 4.80. The SMILES string of the molecule is O=C(NC1CCCCCCC1)c1ccccc1SC[C@@H]1CCCO1. The first kappa shape index (κ1) is 17.8. The number of thioether (sulfide) groups is 1. The number of benzene rings is 1. The molecule has 1 atom stereocenters. The summed E-state index contributed by atoms with van der Waals surface area (Å²) in [7, 11) is 0. The van der Waals surface area contributed by atoms with Gasteiger partial charge in [-0.1, -0.05) is 44.2 Å². The van der Waals surface area contributed by atoms with Gasteiger partial charge in [0.1, 0.15) is 0 Å². The largest absolute Gasteiger partial charge is 0.377 e. The van der Waals surface area contributed by atoms with Gasteiger partial charge in [-0.2, -0.15) is 0 Å². The normalized spacial score (nSPS) is 22.8. The van der Waals surface area contributed by atoms with E-state index in [1.807, 2.05) is 18.2 Å². The third-order valence-electron chi connectivity index (χ3n) is 5.02. The molecule has 24 heavy (non-hydrogen) atoms. The predicted molar refractivity (Wildman–Crippen MR) is 99.7 cm³/mol. The molecule has 2 aliphatic rings. The molecule has 0 radical (unpaired) electrons. The van der Waals surface area contributed by atoms with Crippen molar-refractivity contribution in [2.75, 3.05) is 12.4 Å². The molecular formula is C20H29NO2S. The van der Waals surface area contributed by atoms with Crippen molar-refractivity contribution in [3.05, 3.63) is 29.8 Å². The fourth-order valence-corrected chi connectivity index (χ4v) is 4.72. The third-order valence-corrected chi connectivity index (χ3v) is 6.23. The molecule has 1 aromatic rings. The van der Waals surface area contributed by atoms with Gasteiger partial charge in [0.15, 0.2) is 0 Å². The van der Waals surface area contributed by atoms with Crippen molar-refractivity contribution in [2.45, 2.75) is 74.8 Å². The molecule has 0 spiro atoms. The minimum Gasteiger partial charge on any atom is -0.377 e. The Morgan fingerprint density at radius 1 is 1.04 bits per heavy atom. The van der Waals surface area contributed by atoms with Gasteiger partial charge in [-0.3, -0.25) is 4.79 Å². The zero-order chi connectivity index (χ0) is 16.6.